The van der Waals surface area contributed by atoms with E-state index >= 15 is 0 Å². The highest BCUT2D eigenvalue weighted by Gasteiger charge is 2.15. The number of hydrogen-bond donors (Lipinski definition) is 2. The van der Waals surface area contributed by atoms with Gasteiger partial charge in [-0.15, -0.1) is 0 Å². The standard InChI is InChI=1S/C15H17F2N3O/c1-21-15-6-5-10(9-19-15)7-11(20-18)8-12-13(16)3-2-4-14(12)17/h2-6,9,11,20H,7-8,18H2,1H3. The van der Waals surface area contributed by atoms with Gasteiger partial charge in [-0.05, 0) is 30.5 Å². The molecular formula is C15H17F2N3O. The summed E-state index contributed by atoms with van der Waals surface area (Å²) in [5, 5.41) is 0. The van der Waals surface area contributed by atoms with Crippen LogP contribution >= 0.6 is 0 Å². The highest BCUT2D eigenvalue weighted by atomic mass is 19.1. The summed E-state index contributed by atoms with van der Waals surface area (Å²) in [6.45, 7) is 0. The molecule has 0 aliphatic heterocycles. The zero-order valence-corrected chi connectivity index (χ0v) is 11.6. The third kappa shape index (κ3) is 3.96. The van der Waals surface area contributed by atoms with Gasteiger partial charge in [0.15, 0.2) is 0 Å². The highest BCUT2D eigenvalue weighted by Crippen LogP contribution is 2.16. The van der Waals surface area contributed by atoms with Gasteiger partial charge in [-0.1, -0.05) is 12.1 Å². The first-order valence-electron chi connectivity index (χ1n) is 6.52. The van der Waals surface area contributed by atoms with Crippen LogP contribution < -0.4 is 16.0 Å². The van der Waals surface area contributed by atoms with Gasteiger partial charge in [-0.25, -0.2) is 13.8 Å². The Morgan fingerprint density at radius 3 is 2.43 bits per heavy atom. The third-order valence-corrected chi connectivity index (χ3v) is 3.24. The summed E-state index contributed by atoms with van der Waals surface area (Å²) in [7, 11) is 1.53. The second kappa shape index (κ2) is 7.10. The maximum atomic E-state index is 13.6. The van der Waals surface area contributed by atoms with Gasteiger partial charge in [0.05, 0.1) is 7.11 Å². The number of rotatable bonds is 6. The molecule has 0 saturated heterocycles. The van der Waals surface area contributed by atoms with Crippen LogP contribution in [0.4, 0.5) is 8.78 Å². The number of hydrogen-bond acceptors (Lipinski definition) is 4. The predicted molar refractivity (Wildman–Crippen MR) is 75.7 cm³/mol. The summed E-state index contributed by atoms with van der Waals surface area (Å²) >= 11 is 0. The van der Waals surface area contributed by atoms with Crippen LogP contribution in [0, 0.1) is 11.6 Å². The number of benzene rings is 1. The van der Waals surface area contributed by atoms with E-state index in [0.29, 0.717) is 12.3 Å². The molecule has 0 spiro atoms. The Morgan fingerprint density at radius 2 is 1.90 bits per heavy atom. The molecule has 1 unspecified atom stereocenters. The lowest BCUT2D eigenvalue weighted by Crippen LogP contribution is -2.38. The van der Waals surface area contributed by atoms with E-state index in [-0.39, 0.29) is 18.0 Å². The molecule has 21 heavy (non-hydrogen) atoms. The van der Waals surface area contributed by atoms with Gasteiger partial charge in [0.1, 0.15) is 11.6 Å². The molecular weight excluding hydrogens is 276 g/mol. The molecule has 2 aromatic rings. The second-order valence-corrected chi connectivity index (χ2v) is 4.68. The van der Waals surface area contributed by atoms with Crippen molar-refractivity contribution in [3.05, 3.63) is 59.3 Å². The molecule has 0 saturated carbocycles. The Bertz CT molecular complexity index is 570. The number of halogens is 2. The lowest BCUT2D eigenvalue weighted by atomic mass is 9.99. The molecule has 3 N–H and O–H groups in total. The van der Waals surface area contributed by atoms with E-state index in [1.165, 1.54) is 25.3 Å². The first-order valence-corrected chi connectivity index (χ1v) is 6.52. The zero-order chi connectivity index (χ0) is 15.2. The Morgan fingerprint density at radius 1 is 1.19 bits per heavy atom. The van der Waals surface area contributed by atoms with E-state index < -0.39 is 11.6 Å². The topological polar surface area (TPSA) is 60.2 Å². The van der Waals surface area contributed by atoms with E-state index in [1.807, 2.05) is 6.07 Å². The maximum absolute atomic E-state index is 13.6. The summed E-state index contributed by atoms with van der Waals surface area (Å²) in [5.41, 5.74) is 3.52. The minimum absolute atomic E-state index is 0.0296. The van der Waals surface area contributed by atoms with Crippen molar-refractivity contribution < 1.29 is 13.5 Å². The maximum Gasteiger partial charge on any atom is 0.212 e. The number of methoxy groups -OCH3 is 1. The molecule has 1 aromatic carbocycles. The van der Waals surface area contributed by atoms with Gasteiger partial charge in [0, 0.05) is 23.9 Å². The number of ether oxygens (including phenoxy) is 1. The summed E-state index contributed by atoms with van der Waals surface area (Å²) in [4.78, 5) is 4.09. The molecule has 0 aliphatic rings. The lowest BCUT2D eigenvalue weighted by molar-refractivity contribution is 0.397. The van der Waals surface area contributed by atoms with E-state index in [2.05, 4.69) is 10.4 Å². The van der Waals surface area contributed by atoms with Crippen molar-refractivity contribution in [1.29, 1.82) is 0 Å². The van der Waals surface area contributed by atoms with Crippen LogP contribution in [0.15, 0.2) is 36.5 Å². The average Bonchev–Trinajstić information content (AvgIpc) is 2.50. The van der Waals surface area contributed by atoms with Crippen LogP contribution in [0.25, 0.3) is 0 Å². The third-order valence-electron chi connectivity index (χ3n) is 3.24. The number of hydrazine groups is 1. The van der Waals surface area contributed by atoms with Crippen LogP contribution in [0.2, 0.25) is 0 Å². The molecule has 112 valence electrons. The van der Waals surface area contributed by atoms with Gasteiger partial charge in [-0.3, -0.25) is 11.3 Å². The van der Waals surface area contributed by atoms with E-state index in [1.54, 1.807) is 12.3 Å². The van der Waals surface area contributed by atoms with Gasteiger partial charge in [-0.2, -0.15) is 0 Å². The van der Waals surface area contributed by atoms with E-state index in [9.17, 15) is 8.78 Å². The first-order chi connectivity index (χ1) is 10.1. The van der Waals surface area contributed by atoms with E-state index in [4.69, 9.17) is 10.6 Å². The first kappa shape index (κ1) is 15.3. The quantitative estimate of drug-likeness (QED) is 0.631. The van der Waals surface area contributed by atoms with Crippen LogP contribution in [0.5, 0.6) is 5.88 Å². The number of nitrogens with zero attached hydrogens (tertiary/aromatic N) is 1. The Hall–Kier alpha value is -2.05. The Balaban J connectivity index is 2.09. The minimum Gasteiger partial charge on any atom is -0.481 e. The normalized spacial score (nSPS) is 12.2. The summed E-state index contributed by atoms with van der Waals surface area (Å²) in [6.07, 6.45) is 2.31. The fourth-order valence-electron chi connectivity index (χ4n) is 2.10. The molecule has 1 aromatic heterocycles. The van der Waals surface area contributed by atoms with Gasteiger partial charge >= 0.3 is 0 Å². The van der Waals surface area contributed by atoms with Gasteiger partial charge in [0.25, 0.3) is 0 Å². The largest absolute Gasteiger partial charge is 0.481 e. The van der Waals surface area contributed by atoms with Crippen LogP contribution in [0.1, 0.15) is 11.1 Å². The van der Waals surface area contributed by atoms with Crippen LogP contribution in [-0.2, 0) is 12.8 Å². The van der Waals surface area contributed by atoms with E-state index in [0.717, 1.165) is 5.56 Å². The molecule has 0 bridgehead atoms. The van der Waals surface area contributed by atoms with Crippen molar-refractivity contribution in [3.63, 3.8) is 0 Å². The second-order valence-electron chi connectivity index (χ2n) is 4.68. The van der Waals surface area contributed by atoms with Crippen molar-refractivity contribution in [2.75, 3.05) is 7.11 Å². The SMILES string of the molecule is COc1ccc(CC(Cc2c(F)cccc2F)NN)cn1. The molecule has 6 heteroatoms. The summed E-state index contributed by atoms with van der Waals surface area (Å²) in [6, 6.07) is 7.08. The van der Waals surface area contributed by atoms with Gasteiger partial charge in [0.2, 0.25) is 5.88 Å². The van der Waals surface area contributed by atoms with Crippen LogP contribution in [-0.4, -0.2) is 18.1 Å². The van der Waals surface area contributed by atoms with Crippen molar-refractivity contribution in [2.45, 2.75) is 18.9 Å². The average molecular weight is 293 g/mol. The zero-order valence-electron chi connectivity index (χ0n) is 11.6. The summed E-state index contributed by atoms with van der Waals surface area (Å²) in [5.74, 6) is 4.86. The molecule has 0 amide bonds. The molecule has 0 fully saturated rings. The van der Waals surface area contributed by atoms with Crippen molar-refractivity contribution in [3.8, 4) is 5.88 Å². The molecule has 1 heterocycles. The number of nitrogens with two attached hydrogens (primary N) is 1. The molecule has 0 radical (unpaired) electrons. The highest BCUT2D eigenvalue weighted by molar-refractivity contribution is 5.23. The molecule has 1 atom stereocenters. The number of aromatic nitrogens is 1. The van der Waals surface area contributed by atoms with Crippen molar-refractivity contribution in [1.82, 2.24) is 10.4 Å². The van der Waals surface area contributed by atoms with Crippen LogP contribution in [0.3, 0.4) is 0 Å². The lowest BCUT2D eigenvalue weighted by Gasteiger charge is -2.17. The monoisotopic (exact) mass is 293 g/mol. The molecule has 0 aliphatic carbocycles. The molecule has 2 rings (SSSR count). The van der Waals surface area contributed by atoms with Gasteiger partial charge < -0.3 is 4.74 Å². The fraction of sp³-hybridized carbons (Fsp3) is 0.267. The Kier molecular flexibility index (Phi) is 5.19. The Labute approximate surface area is 121 Å². The summed E-state index contributed by atoms with van der Waals surface area (Å²) < 4.78 is 32.3. The van der Waals surface area contributed by atoms with Crippen molar-refractivity contribution >= 4 is 0 Å². The number of pyridine rings is 1. The smallest absolute Gasteiger partial charge is 0.212 e. The predicted octanol–water partition coefficient (Wildman–Crippen LogP) is 1.99. The van der Waals surface area contributed by atoms with Crippen molar-refractivity contribution in [2.24, 2.45) is 5.84 Å². The number of nitrogens with one attached hydrogen (secondary N) is 1. The fourth-order valence-corrected chi connectivity index (χ4v) is 2.10. The molecule has 4 nitrogen and oxygen atoms in total. The minimum atomic E-state index is -0.567.